The number of carbonyl (C=O) groups excluding carboxylic acids is 2. The number of amides is 2. The van der Waals surface area contributed by atoms with Gasteiger partial charge in [-0.15, -0.1) is 0 Å². The van der Waals surface area contributed by atoms with Crippen LogP contribution in [-0.2, 0) is 14.8 Å². The molecule has 0 aromatic heterocycles. The van der Waals surface area contributed by atoms with Gasteiger partial charge in [-0.1, -0.05) is 27.7 Å². The number of nitrogens with one attached hydrogen (secondary N) is 2. The van der Waals surface area contributed by atoms with E-state index in [1.807, 2.05) is 0 Å². The smallest absolute Gasteiger partial charge is 0.251 e. The molecular weight excluding hydrogens is 461 g/mol. The summed E-state index contributed by atoms with van der Waals surface area (Å²) in [5.74, 6) is -1.59. The molecule has 0 aliphatic rings. The van der Waals surface area contributed by atoms with Crippen LogP contribution < -0.4 is 15.4 Å². The second-order valence-corrected chi connectivity index (χ2v) is 9.78. The number of benzene rings is 2. The summed E-state index contributed by atoms with van der Waals surface area (Å²) in [7, 11) is -3.85. The first-order chi connectivity index (χ1) is 16.0. The molecule has 186 valence electrons. The molecule has 0 saturated carbocycles. The van der Waals surface area contributed by atoms with E-state index in [2.05, 4.69) is 10.6 Å². The highest BCUT2D eigenvalue weighted by molar-refractivity contribution is 7.89. The minimum atomic E-state index is -3.85. The normalized spacial score (nSPS) is 12.5. The van der Waals surface area contributed by atoms with Gasteiger partial charge >= 0.3 is 0 Å². The van der Waals surface area contributed by atoms with Crippen molar-refractivity contribution in [3.05, 3.63) is 53.8 Å². The van der Waals surface area contributed by atoms with Crippen LogP contribution in [0.4, 0.5) is 10.1 Å². The Kier molecular flexibility index (Phi) is 9.57. The van der Waals surface area contributed by atoms with E-state index in [0.717, 1.165) is 12.1 Å². The predicted molar refractivity (Wildman–Crippen MR) is 129 cm³/mol. The van der Waals surface area contributed by atoms with Gasteiger partial charge in [0.25, 0.3) is 5.91 Å². The fourth-order valence-corrected chi connectivity index (χ4v) is 4.96. The van der Waals surface area contributed by atoms with Crippen molar-refractivity contribution in [2.75, 3.05) is 25.0 Å². The number of ether oxygens (including phenoxy) is 1. The maximum Gasteiger partial charge on any atom is 0.251 e. The minimum absolute atomic E-state index is 0.0488. The number of anilines is 1. The first-order valence-corrected chi connectivity index (χ1v) is 12.6. The molecule has 2 N–H and O–H groups in total. The van der Waals surface area contributed by atoms with Gasteiger partial charge in [0.2, 0.25) is 15.9 Å². The van der Waals surface area contributed by atoms with Gasteiger partial charge in [-0.25, -0.2) is 12.8 Å². The number of carbonyl (C=O) groups is 2. The standard InChI is InChI=1S/C24H32FN3O5S/c1-6-28(7-2)34(31,32)21-15-19(13-14-20(21)33-8-3)26-24(30)22(16(4)5)27-23(29)17-9-11-18(25)12-10-17/h9-16,22H,6-8H2,1-5H3,(H,26,30)(H,27,29). The van der Waals surface area contributed by atoms with E-state index >= 15 is 0 Å². The van der Waals surface area contributed by atoms with Crippen molar-refractivity contribution in [3.63, 3.8) is 0 Å². The maximum absolute atomic E-state index is 13.1. The van der Waals surface area contributed by atoms with E-state index in [1.165, 1.54) is 28.6 Å². The molecule has 0 aliphatic heterocycles. The highest BCUT2D eigenvalue weighted by Gasteiger charge is 2.28. The Morgan fingerprint density at radius 2 is 1.65 bits per heavy atom. The van der Waals surface area contributed by atoms with E-state index < -0.39 is 33.7 Å². The second-order valence-electron chi connectivity index (χ2n) is 7.88. The Morgan fingerprint density at radius 3 is 2.18 bits per heavy atom. The van der Waals surface area contributed by atoms with E-state index in [1.54, 1.807) is 40.7 Å². The van der Waals surface area contributed by atoms with Crippen molar-refractivity contribution in [3.8, 4) is 5.75 Å². The summed E-state index contributed by atoms with van der Waals surface area (Å²) in [6.07, 6.45) is 0. The Balaban J connectivity index is 2.31. The number of hydrogen-bond donors (Lipinski definition) is 2. The Bertz CT molecular complexity index is 1100. The third-order valence-electron chi connectivity index (χ3n) is 5.18. The number of hydrogen-bond acceptors (Lipinski definition) is 5. The topological polar surface area (TPSA) is 105 Å². The fraction of sp³-hybridized carbons (Fsp3) is 0.417. The quantitative estimate of drug-likeness (QED) is 0.497. The summed E-state index contributed by atoms with van der Waals surface area (Å²) in [6.45, 7) is 9.61. The lowest BCUT2D eigenvalue weighted by molar-refractivity contribution is -0.118. The first kappa shape index (κ1) is 27.3. The van der Waals surface area contributed by atoms with Gasteiger partial charge in [-0.3, -0.25) is 9.59 Å². The van der Waals surface area contributed by atoms with Crippen LogP contribution in [0, 0.1) is 11.7 Å². The van der Waals surface area contributed by atoms with Crippen LogP contribution in [0.25, 0.3) is 0 Å². The molecule has 0 saturated heterocycles. The minimum Gasteiger partial charge on any atom is -0.492 e. The van der Waals surface area contributed by atoms with Crippen LogP contribution in [0.15, 0.2) is 47.4 Å². The molecule has 1 atom stereocenters. The average Bonchev–Trinajstić information content (AvgIpc) is 2.79. The van der Waals surface area contributed by atoms with Crippen molar-refractivity contribution < 1.29 is 27.1 Å². The van der Waals surface area contributed by atoms with Crippen LogP contribution in [0.2, 0.25) is 0 Å². The summed E-state index contributed by atoms with van der Waals surface area (Å²) >= 11 is 0. The maximum atomic E-state index is 13.1. The van der Waals surface area contributed by atoms with Gasteiger partial charge in [0.15, 0.2) is 0 Å². The molecule has 0 radical (unpaired) electrons. The van der Waals surface area contributed by atoms with Crippen molar-refractivity contribution in [2.45, 2.75) is 45.6 Å². The number of nitrogens with zero attached hydrogens (tertiary/aromatic N) is 1. The van der Waals surface area contributed by atoms with Gasteiger partial charge < -0.3 is 15.4 Å². The molecule has 8 nitrogen and oxygen atoms in total. The zero-order chi connectivity index (χ0) is 25.5. The Labute approximate surface area is 200 Å². The molecule has 0 bridgehead atoms. The lowest BCUT2D eigenvalue weighted by Gasteiger charge is -2.23. The second kappa shape index (κ2) is 11.9. The van der Waals surface area contributed by atoms with Gasteiger partial charge in [-0.2, -0.15) is 4.31 Å². The van der Waals surface area contributed by atoms with Crippen LogP contribution in [0.1, 0.15) is 45.0 Å². The van der Waals surface area contributed by atoms with Gasteiger partial charge in [0.1, 0.15) is 22.5 Å². The molecule has 34 heavy (non-hydrogen) atoms. The SMILES string of the molecule is CCOc1ccc(NC(=O)C(NC(=O)c2ccc(F)cc2)C(C)C)cc1S(=O)(=O)N(CC)CC. The summed E-state index contributed by atoms with van der Waals surface area (Å²) < 4.78 is 46.3. The lowest BCUT2D eigenvalue weighted by Crippen LogP contribution is -2.47. The molecule has 1 unspecified atom stereocenters. The number of sulfonamides is 1. The summed E-state index contributed by atoms with van der Waals surface area (Å²) in [6, 6.07) is 8.48. The highest BCUT2D eigenvalue weighted by atomic mass is 32.2. The third-order valence-corrected chi connectivity index (χ3v) is 7.25. The van der Waals surface area contributed by atoms with Crippen LogP contribution >= 0.6 is 0 Å². The molecule has 10 heteroatoms. The van der Waals surface area contributed by atoms with Crippen molar-refractivity contribution >= 4 is 27.5 Å². The monoisotopic (exact) mass is 493 g/mol. The molecule has 2 aromatic carbocycles. The number of halogens is 1. The summed E-state index contributed by atoms with van der Waals surface area (Å²) in [5.41, 5.74) is 0.467. The molecule has 2 aromatic rings. The molecule has 2 amide bonds. The molecule has 0 fully saturated rings. The van der Waals surface area contributed by atoms with Crippen LogP contribution in [0.3, 0.4) is 0 Å². The summed E-state index contributed by atoms with van der Waals surface area (Å²) in [4.78, 5) is 25.5. The molecule has 2 rings (SSSR count). The van der Waals surface area contributed by atoms with Gasteiger partial charge in [-0.05, 0) is 55.3 Å². The van der Waals surface area contributed by atoms with Crippen LogP contribution in [0.5, 0.6) is 5.75 Å². The zero-order valence-electron chi connectivity index (χ0n) is 20.1. The Morgan fingerprint density at radius 1 is 1.03 bits per heavy atom. The van der Waals surface area contributed by atoms with Gasteiger partial charge in [0, 0.05) is 24.3 Å². The average molecular weight is 494 g/mol. The van der Waals surface area contributed by atoms with Crippen molar-refractivity contribution in [2.24, 2.45) is 5.92 Å². The third kappa shape index (κ3) is 6.54. The molecule has 0 aliphatic carbocycles. The zero-order valence-corrected chi connectivity index (χ0v) is 20.9. The first-order valence-electron chi connectivity index (χ1n) is 11.2. The van der Waals surface area contributed by atoms with Crippen molar-refractivity contribution in [1.29, 1.82) is 0 Å². The molecule has 0 heterocycles. The fourth-order valence-electron chi connectivity index (χ4n) is 3.35. The van der Waals surface area contributed by atoms with Crippen LogP contribution in [-0.4, -0.2) is 50.3 Å². The van der Waals surface area contributed by atoms with E-state index in [9.17, 15) is 22.4 Å². The Hall–Kier alpha value is -2.98. The highest BCUT2D eigenvalue weighted by Crippen LogP contribution is 2.30. The van der Waals surface area contributed by atoms with E-state index in [-0.39, 0.29) is 47.5 Å². The largest absolute Gasteiger partial charge is 0.492 e. The molecule has 0 spiro atoms. The van der Waals surface area contributed by atoms with Crippen molar-refractivity contribution in [1.82, 2.24) is 9.62 Å². The van der Waals surface area contributed by atoms with Gasteiger partial charge in [0.05, 0.1) is 6.61 Å². The predicted octanol–water partition coefficient (Wildman–Crippen LogP) is 3.65. The molecular formula is C24H32FN3O5S. The summed E-state index contributed by atoms with van der Waals surface area (Å²) in [5, 5.41) is 5.35. The lowest BCUT2D eigenvalue weighted by atomic mass is 10.0. The number of rotatable bonds is 11. The van der Waals surface area contributed by atoms with E-state index in [0.29, 0.717) is 0 Å². The van der Waals surface area contributed by atoms with E-state index in [4.69, 9.17) is 4.74 Å².